The zero-order chi connectivity index (χ0) is 31.1. The highest BCUT2D eigenvalue weighted by Gasteiger charge is 2.20. The number of benzene rings is 3. The van der Waals surface area contributed by atoms with Crippen LogP contribution in [-0.2, 0) is 29.1 Å². The van der Waals surface area contributed by atoms with Crippen LogP contribution in [0.25, 0.3) is 22.5 Å². The number of ether oxygens (including phenoxy) is 1. The third kappa shape index (κ3) is 7.09. The highest BCUT2D eigenvalue weighted by Crippen LogP contribution is 2.30. The summed E-state index contributed by atoms with van der Waals surface area (Å²) in [5, 5.41) is 24.6. The minimum Gasteiger partial charge on any atom is -0.456 e. The lowest BCUT2D eigenvalue weighted by atomic mass is 9.98. The Bertz CT molecular complexity index is 1740. The molecule has 0 radical (unpaired) electrons. The smallest absolute Gasteiger partial charge is 0.338 e. The van der Waals surface area contributed by atoms with Crippen molar-refractivity contribution in [2.75, 3.05) is 0 Å². The Labute approximate surface area is 258 Å². The summed E-state index contributed by atoms with van der Waals surface area (Å²) in [6.07, 6.45) is 1.79. The van der Waals surface area contributed by atoms with Gasteiger partial charge in [-0.15, -0.1) is 20.3 Å². The Morgan fingerprint density at radius 2 is 1.86 bits per heavy atom. The van der Waals surface area contributed by atoms with Crippen molar-refractivity contribution in [2.45, 2.75) is 52.4 Å². The number of hydrogen-bond acceptors (Lipinski definition) is 9. The van der Waals surface area contributed by atoms with Crippen LogP contribution in [0, 0.1) is 10.1 Å². The van der Waals surface area contributed by atoms with Crippen molar-refractivity contribution in [2.24, 2.45) is 0 Å². The largest absolute Gasteiger partial charge is 0.456 e. The number of H-pyrrole nitrogens is 1. The highest BCUT2D eigenvalue weighted by atomic mass is 35.5. The molecule has 1 atom stereocenters. The molecule has 0 saturated carbocycles. The quantitative estimate of drug-likeness (QED) is 0.0900. The van der Waals surface area contributed by atoms with Gasteiger partial charge < -0.3 is 14.1 Å². The number of rotatable bonds is 13. The van der Waals surface area contributed by atoms with Crippen LogP contribution >= 0.6 is 11.6 Å². The van der Waals surface area contributed by atoms with Crippen molar-refractivity contribution >= 4 is 17.6 Å². The van der Waals surface area contributed by atoms with Gasteiger partial charge in [0.15, 0.2) is 5.15 Å². The summed E-state index contributed by atoms with van der Waals surface area (Å²) in [5.41, 5.74) is 5.16. The molecule has 44 heavy (non-hydrogen) atoms. The maximum atomic E-state index is 13.0. The normalized spacial score (nSPS) is 11.7. The van der Waals surface area contributed by atoms with Crippen molar-refractivity contribution in [1.82, 2.24) is 30.2 Å². The number of hydrogen-bond donors (Lipinski definition) is 1. The minimum atomic E-state index is -0.863. The molecule has 13 heteroatoms. The number of nitrogens with zero attached hydrogens (tertiary/aromatic N) is 6. The lowest BCUT2D eigenvalue weighted by molar-refractivity contribution is -0.770. The summed E-state index contributed by atoms with van der Waals surface area (Å²) in [6, 6.07) is 22.4. The lowest BCUT2D eigenvalue weighted by Gasteiger charge is -2.14. The molecule has 3 aromatic carbocycles. The Balaban J connectivity index is 1.35. The fraction of sp³-hybridized carbons (Fsp3) is 0.258. The van der Waals surface area contributed by atoms with Crippen molar-refractivity contribution in [3.63, 3.8) is 0 Å². The van der Waals surface area contributed by atoms with E-state index in [1.165, 1.54) is 13.0 Å². The third-order valence-corrected chi connectivity index (χ3v) is 7.45. The predicted octanol–water partition coefficient (Wildman–Crippen LogP) is 6.40. The number of unbranched alkanes of at least 4 members (excludes halogenated alkanes) is 1. The molecule has 2 heterocycles. The van der Waals surface area contributed by atoms with Crippen molar-refractivity contribution in [3.8, 4) is 22.5 Å². The number of tetrazole rings is 1. The molecule has 0 aliphatic rings. The van der Waals surface area contributed by atoms with E-state index in [0.29, 0.717) is 23.6 Å². The van der Waals surface area contributed by atoms with Gasteiger partial charge in [-0.2, -0.15) is 5.21 Å². The van der Waals surface area contributed by atoms with Crippen LogP contribution in [0.2, 0.25) is 5.15 Å². The zero-order valence-corrected chi connectivity index (χ0v) is 24.9. The average Bonchev–Trinajstić information content (AvgIpc) is 3.67. The summed E-state index contributed by atoms with van der Waals surface area (Å²) < 4.78 is 7.65. The molecule has 0 fully saturated rings. The number of carbonyl (C=O) groups is 1. The summed E-state index contributed by atoms with van der Waals surface area (Å²) in [5.74, 6) is 0.731. The van der Waals surface area contributed by atoms with Gasteiger partial charge in [-0.3, -0.25) is 0 Å². The maximum Gasteiger partial charge on any atom is 0.338 e. The number of carbonyl (C=O) groups excluding carboxylic acids is 1. The second kappa shape index (κ2) is 13.9. The van der Waals surface area contributed by atoms with E-state index >= 15 is 0 Å². The van der Waals surface area contributed by atoms with E-state index in [1.807, 2.05) is 53.1 Å². The van der Waals surface area contributed by atoms with E-state index < -0.39 is 17.2 Å². The molecular weight excluding hydrogens is 586 g/mol. The lowest BCUT2D eigenvalue weighted by Crippen LogP contribution is -2.13. The van der Waals surface area contributed by atoms with Crippen LogP contribution in [0.4, 0.5) is 0 Å². The number of nitrogens with one attached hydrogen (secondary N) is 1. The fourth-order valence-electron chi connectivity index (χ4n) is 4.86. The van der Waals surface area contributed by atoms with Crippen LogP contribution in [-0.4, -0.2) is 41.2 Å². The van der Waals surface area contributed by atoms with Crippen molar-refractivity contribution < 1.29 is 19.5 Å². The van der Waals surface area contributed by atoms with Gasteiger partial charge in [0, 0.05) is 18.5 Å². The van der Waals surface area contributed by atoms with Gasteiger partial charge in [0.05, 0.1) is 11.3 Å². The van der Waals surface area contributed by atoms with Crippen molar-refractivity contribution in [3.05, 3.63) is 116 Å². The number of aryl methyl sites for hydroxylation is 1. The van der Waals surface area contributed by atoms with Gasteiger partial charge in [0.1, 0.15) is 18.5 Å². The zero-order valence-electron chi connectivity index (χ0n) is 24.1. The number of esters is 1. The number of imidazole rings is 1. The Morgan fingerprint density at radius 1 is 1.09 bits per heavy atom. The molecule has 0 bridgehead atoms. The monoisotopic (exact) mass is 615 g/mol. The summed E-state index contributed by atoms with van der Waals surface area (Å²) in [7, 11) is 0. The third-order valence-electron chi connectivity index (χ3n) is 7.15. The molecule has 226 valence electrons. The first kappa shape index (κ1) is 30.4. The molecule has 12 nitrogen and oxygen atoms in total. The number of aromatic amines is 1. The van der Waals surface area contributed by atoms with Gasteiger partial charge in [-0.25, -0.2) is 9.78 Å². The Kier molecular flexibility index (Phi) is 9.60. The molecule has 0 aliphatic carbocycles. The molecular formula is C31H30ClN7O5. The average molecular weight is 616 g/mol. The van der Waals surface area contributed by atoms with Crippen LogP contribution in [0.3, 0.4) is 0 Å². The molecule has 2 aromatic heterocycles. The van der Waals surface area contributed by atoms with E-state index in [9.17, 15) is 14.9 Å². The van der Waals surface area contributed by atoms with Crippen LogP contribution in [0.1, 0.15) is 65.8 Å². The first-order valence-electron chi connectivity index (χ1n) is 14.1. The fourth-order valence-corrected chi connectivity index (χ4v) is 5.11. The summed E-state index contributed by atoms with van der Waals surface area (Å²) in [4.78, 5) is 32.9. The van der Waals surface area contributed by atoms with Crippen molar-refractivity contribution in [1.29, 1.82) is 0 Å². The van der Waals surface area contributed by atoms with E-state index in [2.05, 4.69) is 37.4 Å². The van der Waals surface area contributed by atoms with Crippen LogP contribution in [0.15, 0.2) is 72.8 Å². The summed E-state index contributed by atoms with van der Waals surface area (Å²) >= 11 is 6.59. The molecule has 0 spiro atoms. The number of halogens is 1. The maximum absolute atomic E-state index is 13.0. The SMILES string of the molecule is CCCCc1nc(Cl)c(COC(=O)c2cccc(C(C)O[N+](=O)[O-])c2)n1Cc1ccc(-c2ccccc2-c2nn[nH]n2)cc1. The molecule has 0 amide bonds. The first-order chi connectivity index (χ1) is 21.3. The molecule has 5 rings (SSSR count). The Morgan fingerprint density at radius 3 is 2.57 bits per heavy atom. The summed E-state index contributed by atoms with van der Waals surface area (Å²) in [6.45, 7) is 4.01. The van der Waals surface area contributed by atoms with E-state index in [4.69, 9.17) is 16.3 Å². The molecule has 0 saturated heterocycles. The topological polar surface area (TPSA) is 151 Å². The van der Waals surface area contributed by atoms with E-state index in [-0.39, 0.29) is 17.3 Å². The Hall–Kier alpha value is -5.10. The molecule has 5 aromatic rings. The van der Waals surface area contributed by atoms with E-state index in [1.54, 1.807) is 18.2 Å². The number of aromatic nitrogens is 6. The second-order valence-corrected chi connectivity index (χ2v) is 10.5. The molecule has 0 aliphatic heterocycles. The van der Waals surface area contributed by atoms with E-state index in [0.717, 1.165) is 47.3 Å². The standard InChI is InChI=1S/C31H30ClN7O5/c1-3-4-12-28-33-29(32)27(19-43-31(40)24-9-7-8-23(17-24)20(2)44-39(41)42)38(28)18-21-13-15-22(16-14-21)25-10-5-6-11-26(25)30-34-36-37-35-30/h5-11,13-17,20H,3-4,12,18-19H2,1-2H3,(H,34,35,36,37). The second-order valence-electron chi connectivity index (χ2n) is 10.1. The van der Waals surface area contributed by atoms with Crippen LogP contribution in [0.5, 0.6) is 0 Å². The molecule has 1 unspecified atom stereocenters. The van der Waals surface area contributed by atoms with Gasteiger partial charge in [-0.1, -0.05) is 85.6 Å². The van der Waals surface area contributed by atoms with Gasteiger partial charge in [0.25, 0.3) is 5.09 Å². The van der Waals surface area contributed by atoms with Gasteiger partial charge in [-0.05, 0) is 52.9 Å². The molecule has 1 N–H and O–H groups in total. The van der Waals surface area contributed by atoms with Crippen LogP contribution < -0.4 is 0 Å². The predicted molar refractivity (Wildman–Crippen MR) is 162 cm³/mol. The van der Waals surface area contributed by atoms with Gasteiger partial charge in [0.2, 0.25) is 5.82 Å². The minimum absolute atomic E-state index is 0.0991. The first-order valence-corrected chi connectivity index (χ1v) is 14.5. The highest BCUT2D eigenvalue weighted by molar-refractivity contribution is 6.30. The van der Waals surface area contributed by atoms with Gasteiger partial charge >= 0.3 is 5.97 Å².